The zero-order chi connectivity index (χ0) is 21.5. The molecule has 1 fully saturated rings. The largest absolute Gasteiger partial charge is 0.356 e. The number of aryl methyl sites for hydroxylation is 1. The van der Waals surface area contributed by atoms with Gasteiger partial charge in [0, 0.05) is 24.5 Å². The molecule has 2 heterocycles. The van der Waals surface area contributed by atoms with E-state index in [1.54, 1.807) is 11.3 Å². The van der Waals surface area contributed by atoms with E-state index in [9.17, 15) is 0 Å². The van der Waals surface area contributed by atoms with Crippen LogP contribution < -0.4 is 10.6 Å². The molecule has 1 aliphatic rings. The first-order chi connectivity index (χ1) is 15.2. The van der Waals surface area contributed by atoms with Crippen LogP contribution in [0.3, 0.4) is 0 Å². The molecule has 31 heavy (non-hydrogen) atoms. The normalized spacial score (nSPS) is 19.4. The van der Waals surface area contributed by atoms with Crippen molar-refractivity contribution in [2.75, 3.05) is 6.54 Å². The molecule has 0 bridgehead atoms. The van der Waals surface area contributed by atoms with Gasteiger partial charge >= 0.3 is 0 Å². The Bertz CT molecular complexity index is 955. The van der Waals surface area contributed by atoms with Gasteiger partial charge < -0.3 is 15.2 Å². The number of guanidine groups is 1. The highest BCUT2D eigenvalue weighted by molar-refractivity contribution is 7.09. The average Bonchev–Trinajstić information content (AvgIpc) is 3.43. The van der Waals surface area contributed by atoms with Crippen molar-refractivity contribution in [3.8, 4) is 0 Å². The van der Waals surface area contributed by atoms with Crippen molar-refractivity contribution < 1.29 is 0 Å². The predicted octanol–water partition coefficient (Wildman–Crippen LogP) is 4.19. The summed E-state index contributed by atoms with van der Waals surface area (Å²) >= 11 is 1.80. The highest BCUT2D eigenvalue weighted by atomic mass is 32.1. The van der Waals surface area contributed by atoms with Crippen molar-refractivity contribution >= 4 is 17.3 Å². The average molecular weight is 437 g/mol. The van der Waals surface area contributed by atoms with E-state index in [0.29, 0.717) is 18.5 Å². The second-order valence-electron chi connectivity index (χ2n) is 8.25. The molecule has 0 spiro atoms. The summed E-state index contributed by atoms with van der Waals surface area (Å²) in [4.78, 5) is 6.22. The van der Waals surface area contributed by atoms with E-state index in [1.165, 1.54) is 23.3 Å². The maximum atomic E-state index is 4.83. The molecule has 0 saturated heterocycles. The first kappa shape index (κ1) is 21.6. The second kappa shape index (κ2) is 10.6. The van der Waals surface area contributed by atoms with Gasteiger partial charge in [0.05, 0.1) is 0 Å². The van der Waals surface area contributed by atoms with Gasteiger partial charge in [-0.15, -0.1) is 21.5 Å². The van der Waals surface area contributed by atoms with Gasteiger partial charge in [0.1, 0.15) is 12.4 Å². The Kier molecular flexibility index (Phi) is 7.35. The van der Waals surface area contributed by atoms with E-state index >= 15 is 0 Å². The molecule has 2 N–H and O–H groups in total. The number of hydrogen-bond acceptors (Lipinski definition) is 4. The van der Waals surface area contributed by atoms with Crippen LogP contribution in [0.15, 0.2) is 52.8 Å². The van der Waals surface area contributed by atoms with Gasteiger partial charge in [0.15, 0.2) is 11.8 Å². The smallest absolute Gasteiger partial charge is 0.191 e. The topological polar surface area (TPSA) is 67.1 Å². The lowest BCUT2D eigenvalue weighted by molar-refractivity contribution is 0.371. The summed E-state index contributed by atoms with van der Waals surface area (Å²) in [6.07, 6.45) is 5.75. The van der Waals surface area contributed by atoms with Crippen LogP contribution in [0.5, 0.6) is 0 Å². The Morgan fingerprint density at radius 2 is 1.90 bits per heavy atom. The summed E-state index contributed by atoms with van der Waals surface area (Å²) in [5.74, 6) is 3.34. The first-order valence-electron chi connectivity index (χ1n) is 11.2. The summed E-state index contributed by atoms with van der Waals surface area (Å²) in [5, 5.41) is 17.7. The molecular formula is C24H32N6S. The number of nitrogens with zero attached hydrogens (tertiary/aromatic N) is 4. The SMILES string of the molecule is Cc1nnc(CN=C(NCCc2cccs2)NC2CCC(c3ccccc3)CC2)n1C. The van der Waals surface area contributed by atoms with Crippen LogP contribution in [-0.4, -0.2) is 33.3 Å². The highest BCUT2D eigenvalue weighted by Crippen LogP contribution is 2.32. The van der Waals surface area contributed by atoms with Crippen LogP contribution in [0.25, 0.3) is 0 Å². The molecule has 4 rings (SSSR count). The molecule has 1 saturated carbocycles. The molecule has 7 heteroatoms. The number of rotatable bonds is 7. The molecule has 0 aliphatic heterocycles. The van der Waals surface area contributed by atoms with E-state index in [0.717, 1.165) is 43.4 Å². The summed E-state index contributed by atoms with van der Waals surface area (Å²) in [6.45, 7) is 3.35. The molecule has 0 unspecified atom stereocenters. The molecule has 6 nitrogen and oxygen atoms in total. The molecule has 0 amide bonds. The maximum Gasteiger partial charge on any atom is 0.191 e. The van der Waals surface area contributed by atoms with Crippen molar-refractivity contribution in [1.29, 1.82) is 0 Å². The first-order valence-corrected chi connectivity index (χ1v) is 12.0. The van der Waals surface area contributed by atoms with Crippen molar-refractivity contribution in [2.45, 2.75) is 57.5 Å². The predicted molar refractivity (Wildman–Crippen MR) is 127 cm³/mol. The van der Waals surface area contributed by atoms with Gasteiger partial charge in [-0.1, -0.05) is 36.4 Å². The zero-order valence-corrected chi connectivity index (χ0v) is 19.2. The zero-order valence-electron chi connectivity index (χ0n) is 18.4. The van der Waals surface area contributed by atoms with Gasteiger partial charge in [0.25, 0.3) is 0 Å². The molecule has 1 aliphatic carbocycles. The Balaban J connectivity index is 1.35. The third-order valence-corrected chi connectivity index (χ3v) is 7.08. The summed E-state index contributed by atoms with van der Waals surface area (Å²) < 4.78 is 2.00. The lowest BCUT2D eigenvalue weighted by atomic mass is 9.82. The number of nitrogens with one attached hydrogen (secondary N) is 2. The molecule has 2 aromatic heterocycles. The molecule has 0 radical (unpaired) electrons. The fourth-order valence-corrected chi connectivity index (χ4v) is 4.85. The highest BCUT2D eigenvalue weighted by Gasteiger charge is 2.23. The van der Waals surface area contributed by atoms with Crippen LogP contribution in [0.1, 0.15) is 53.7 Å². The minimum absolute atomic E-state index is 0.453. The Labute approximate surface area is 188 Å². The summed E-state index contributed by atoms with van der Waals surface area (Å²) in [5.41, 5.74) is 1.47. The molecule has 1 aromatic carbocycles. The molecular weight excluding hydrogens is 404 g/mol. The second-order valence-corrected chi connectivity index (χ2v) is 9.28. The van der Waals surface area contributed by atoms with E-state index in [2.05, 4.69) is 68.7 Å². The molecule has 164 valence electrons. The number of hydrogen-bond donors (Lipinski definition) is 2. The van der Waals surface area contributed by atoms with Crippen LogP contribution in [-0.2, 0) is 20.0 Å². The minimum Gasteiger partial charge on any atom is -0.356 e. The fourth-order valence-electron chi connectivity index (χ4n) is 4.14. The van der Waals surface area contributed by atoms with Crippen LogP contribution in [0, 0.1) is 6.92 Å². The van der Waals surface area contributed by atoms with Crippen molar-refractivity contribution in [3.05, 3.63) is 69.9 Å². The number of aromatic nitrogens is 3. The number of benzene rings is 1. The molecule has 3 aromatic rings. The van der Waals surface area contributed by atoms with E-state index < -0.39 is 0 Å². The van der Waals surface area contributed by atoms with Gasteiger partial charge in [-0.25, -0.2) is 4.99 Å². The van der Waals surface area contributed by atoms with Crippen molar-refractivity contribution in [2.24, 2.45) is 12.0 Å². The van der Waals surface area contributed by atoms with E-state index in [4.69, 9.17) is 4.99 Å². The van der Waals surface area contributed by atoms with E-state index in [1.807, 2.05) is 18.5 Å². The monoisotopic (exact) mass is 436 g/mol. The van der Waals surface area contributed by atoms with Gasteiger partial charge in [-0.05, 0) is 62.0 Å². The van der Waals surface area contributed by atoms with E-state index in [-0.39, 0.29) is 0 Å². The summed E-state index contributed by atoms with van der Waals surface area (Å²) in [7, 11) is 1.99. The quantitative estimate of drug-likeness (QED) is 0.430. The fraction of sp³-hybridized carbons (Fsp3) is 0.458. The third-order valence-electron chi connectivity index (χ3n) is 6.14. The van der Waals surface area contributed by atoms with Gasteiger partial charge in [-0.2, -0.15) is 0 Å². The van der Waals surface area contributed by atoms with Crippen molar-refractivity contribution in [1.82, 2.24) is 25.4 Å². The Morgan fingerprint density at radius 3 is 2.58 bits per heavy atom. The van der Waals surface area contributed by atoms with Crippen LogP contribution in [0.4, 0.5) is 0 Å². The Morgan fingerprint density at radius 1 is 1.10 bits per heavy atom. The minimum atomic E-state index is 0.453. The lowest BCUT2D eigenvalue weighted by Gasteiger charge is -2.30. The van der Waals surface area contributed by atoms with Gasteiger partial charge in [-0.3, -0.25) is 0 Å². The van der Waals surface area contributed by atoms with Crippen LogP contribution >= 0.6 is 11.3 Å². The molecule has 0 atom stereocenters. The number of aliphatic imine (C=N–C) groups is 1. The Hall–Kier alpha value is -2.67. The lowest BCUT2D eigenvalue weighted by Crippen LogP contribution is -2.45. The van der Waals surface area contributed by atoms with Crippen molar-refractivity contribution in [3.63, 3.8) is 0 Å². The third kappa shape index (κ3) is 5.94. The summed E-state index contributed by atoms with van der Waals surface area (Å²) in [6, 6.07) is 15.7. The standard InChI is InChI=1S/C24H32N6S/c1-18-28-29-23(30(18)2)17-26-24(25-15-14-22-9-6-16-31-22)27-21-12-10-20(11-13-21)19-7-4-3-5-8-19/h3-9,16,20-21H,10-15,17H2,1-2H3,(H2,25,26,27). The maximum absolute atomic E-state index is 4.83. The van der Waals surface area contributed by atoms with Gasteiger partial charge in [0.2, 0.25) is 0 Å². The number of thiophene rings is 1. The van der Waals surface area contributed by atoms with Crippen LogP contribution in [0.2, 0.25) is 0 Å².